The number of methoxy groups -OCH3 is 1. The second-order valence-electron chi connectivity index (χ2n) is 6.46. The molecule has 0 atom stereocenters. The van der Waals surface area contributed by atoms with Crippen LogP contribution in [0, 0.1) is 6.92 Å². The molecule has 0 unspecified atom stereocenters. The predicted molar refractivity (Wildman–Crippen MR) is 112 cm³/mol. The molecular weight excluding hydrogens is 366 g/mol. The number of carbonyl (C=O) groups excluding carboxylic acids is 1. The Morgan fingerprint density at radius 1 is 1.27 bits per heavy atom. The molecule has 0 aliphatic rings. The summed E-state index contributed by atoms with van der Waals surface area (Å²) in [6, 6.07) is 11.7. The lowest BCUT2D eigenvalue weighted by atomic mass is 9.96. The zero-order chi connectivity index (χ0) is 19.1. The summed E-state index contributed by atoms with van der Waals surface area (Å²) < 4.78 is 5.44. The van der Waals surface area contributed by atoms with Crippen LogP contribution in [0.2, 0.25) is 5.02 Å². The lowest BCUT2D eigenvalue weighted by molar-refractivity contribution is 0.0955. The SMILES string of the molecule is COc1cc(C)c(C(=O)NCCSCc2ccccc2Cl)cc1C(C)C. The van der Waals surface area contributed by atoms with Gasteiger partial charge in [-0.15, -0.1) is 0 Å². The number of hydrogen-bond acceptors (Lipinski definition) is 3. The molecule has 0 fully saturated rings. The van der Waals surface area contributed by atoms with E-state index in [0.717, 1.165) is 39.0 Å². The molecule has 0 aliphatic heterocycles. The Bertz CT molecular complexity index is 762. The first-order valence-corrected chi connectivity index (χ1v) is 10.2. The van der Waals surface area contributed by atoms with E-state index < -0.39 is 0 Å². The molecule has 26 heavy (non-hydrogen) atoms. The summed E-state index contributed by atoms with van der Waals surface area (Å²) in [4.78, 5) is 12.5. The molecule has 1 amide bonds. The smallest absolute Gasteiger partial charge is 0.251 e. The van der Waals surface area contributed by atoms with Gasteiger partial charge in [-0.05, 0) is 47.7 Å². The molecule has 3 nitrogen and oxygen atoms in total. The van der Waals surface area contributed by atoms with Crippen LogP contribution in [-0.2, 0) is 5.75 Å². The van der Waals surface area contributed by atoms with Crippen molar-refractivity contribution in [2.24, 2.45) is 0 Å². The predicted octanol–water partition coefficient (Wildman–Crippen LogP) is 5.44. The van der Waals surface area contributed by atoms with Gasteiger partial charge >= 0.3 is 0 Å². The topological polar surface area (TPSA) is 38.3 Å². The van der Waals surface area contributed by atoms with E-state index in [2.05, 4.69) is 19.2 Å². The van der Waals surface area contributed by atoms with Crippen LogP contribution in [0.4, 0.5) is 0 Å². The maximum Gasteiger partial charge on any atom is 0.251 e. The van der Waals surface area contributed by atoms with Gasteiger partial charge in [0.2, 0.25) is 0 Å². The van der Waals surface area contributed by atoms with Gasteiger partial charge in [0.25, 0.3) is 5.91 Å². The van der Waals surface area contributed by atoms with E-state index in [9.17, 15) is 4.79 Å². The fourth-order valence-electron chi connectivity index (χ4n) is 2.70. The number of halogens is 1. The molecule has 140 valence electrons. The fourth-order valence-corrected chi connectivity index (χ4v) is 3.84. The van der Waals surface area contributed by atoms with Crippen LogP contribution in [0.5, 0.6) is 5.75 Å². The highest BCUT2D eigenvalue weighted by atomic mass is 35.5. The Morgan fingerprint density at radius 3 is 2.65 bits per heavy atom. The van der Waals surface area contributed by atoms with Crippen molar-refractivity contribution >= 4 is 29.3 Å². The van der Waals surface area contributed by atoms with E-state index >= 15 is 0 Å². The number of aryl methyl sites for hydroxylation is 1. The van der Waals surface area contributed by atoms with E-state index in [1.807, 2.05) is 43.3 Å². The van der Waals surface area contributed by atoms with E-state index in [1.165, 1.54) is 0 Å². The number of thioether (sulfide) groups is 1. The minimum atomic E-state index is -0.0367. The summed E-state index contributed by atoms with van der Waals surface area (Å²) in [5.74, 6) is 2.77. The third kappa shape index (κ3) is 5.42. The van der Waals surface area contributed by atoms with Crippen molar-refractivity contribution in [1.29, 1.82) is 0 Å². The van der Waals surface area contributed by atoms with E-state index in [0.29, 0.717) is 18.0 Å². The number of carbonyl (C=O) groups is 1. The van der Waals surface area contributed by atoms with Crippen LogP contribution in [0.25, 0.3) is 0 Å². The summed E-state index contributed by atoms with van der Waals surface area (Å²) >= 11 is 7.91. The number of rotatable bonds is 8. The second kappa shape index (κ2) is 9.89. The highest BCUT2D eigenvalue weighted by Gasteiger charge is 2.15. The molecule has 0 saturated carbocycles. The molecule has 1 N–H and O–H groups in total. The van der Waals surface area contributed by atoms with Crippen LogP contribution in [0.15, 0.2) is 36.4 Å². The molecule has 0 bridgehead atoms. The summed E-state index contributed by atoms with van der Waals surface area (Å²) in [5, 5.41) is 3.80. The van der Waals surface area contributed by atoms with Gasteiger partial charge in [0.15, 0.2) is 0 Å². The molecule has 5 heteroatoms. The van der Waals surface area contributed by atoms with Crippen molar-refractivity contribution in [2.45, 2.75) is 32.4 Å². The lowest BCUT2D eigenvalue weighted by Gasteiger charge is -2.16. The van der Waals surface area contributed by atoms with Crippen molar-refractivity contribution in [2.75, 3.05) is 19.4 Å². The molecule has 0 saturated heterocycles. The third-order valence-electron chi connectivity index (χ3n) is 4.19. The van der Waals surface area contributed by atoms with Gasteiger partial charge in [-0.25, -0.2) is 0 Å². The molecule has 0 aliphatic carbocycles. The summed E-state index contributed by atoms with van der Waals surface area (Å²) in [5.41, 5.74) is 3.81. The van der Waals surface area contributed by atoms with Gasteiger partial charge in [-0.2, -0.15) is 11.8 Å². The number of nitrogens with one attached hydrogen (secondary N) is 1. The Morgan fingerprint density at radius 2 is 2.00 bits per heavy atom. The van der Waals surface area contributed by atoms with Crippen LogP contribution < -0.4 is 10.1 Å². The number of hydrogen-bond donors (Lipinski definition) is 1. The normalized spacial score (nSPS) is 10.8. The van der Waals surface area contributed by atoms with Crippen molar-refractivity contribution < 1.29 is 9.53 Å². The molecule has 0 spiro atoms. The standard InChI is InChI=1S/C21H26ClNO2S/c1-14(2)17-12-18(15(3)11-20(17)25-4)21(24)23-9-10-26-13-16-7-5-6-8-19(16)22/h5-8,11-12,14H,9-10,13H2,1-4H3,(H,23,24). The number of benzene rings is 2. The number of ether oxygens (including phenoxy) is 1. The third-order valence-corrected chi connectivity index (χ3v) is 5.57. The van der Waals surface area contributed by atoms with Gasteiger partial charge in [-0.3, -0.25) is 4.79 Å². The average Bonchev–Trinajstić information content (AvgIpc) is 2.62. The first kappa shape index (κ1) is 20.7. The van der Waals surface area contributed by atoms with E-state index in [4.69, 9.17) is 16.3 Å². The summed E-state index contributed by atoms with van der Waals surface area (Å²) in [6.07, 6.45) is 0. The molecule has 0 aromatic heterocycles. The summed E-state index contributed by atoms with van der Waals surface area (Å²) in [6.45, 7) is 6.75. The van der Waals surface area contributed by atoms with Crippen molar-refractivity contribution in [3.8, 4) is 5.75 Å². The maximum absolute atomic E-state index is 12.5. The van der Waals surface area contributed by atoms with Gasteiger partial charge in [0.1, 0.15) is 5.75 Å². The van der Waals surface area contributed by atoms with Crippen LogP contribution in [0.3, 0.4) is 0 Å². The van der Waals surface area contributed by atoms with Gasteiger partial charge in [0, 0.05) is 28.6 Å². The Kier molecular flexibility index (Phi) is 7.85. The molecule has 0 radical (unpaired) electrons. The fraction of sp³-hybridized carbons (Fsp3) is 0.381. The Balaban J connectivity index is 1.90. The van der Waals surface area contributed by atoms with Gasteiger partial charge < -0.3 is 10.1 Å². The summed E-state index contributed by atoms with van der Waals surface area (Å²) in [7, 11) is 1.66. The largest absolute Gasteiger partial charge is 0.496 e. The zero-order valence-electron chi connectivity index (χ0n) is 15.8. The van der Waals surface area contributed by atoms with Crippen molar-refractivity contribution in [1.82, 2.24) is 5.32 Å². The monoisotopic (exact) mass is 391 g/mol. The number of amides is 1. The average molecular weight is 392 g/mol. The zero-order valence-corrected chi connectivity index (χ0v) is 17.3. The van der Waals surface area contributed by atoms with E-state index in [-0.39, 0.29) is 5.91 Å². The molecule has 2 aromatic rings. The van der Waals surface area contributed by atoms with Crippen LogP contribution >= 0.6 is 23.4 Å². The van der Waals surface area contributed by atoms with Crippen LogP contribution in [0.1, 0.15) is 46.8 Å². The molecule has 0 heterocycles. The highest BCUT2D eigenvalue weighted by Crippen LogP contribution is 2.29. The molecular formula is C21H26ClNO2S. The van der Waals surface area contributed by atoms with Crippen LogP contribution in [-0.4, -0.2) is 25.3 Å². The molecule has 2 rings (SSSR count). The molecule has 2 aromatic carbocycles. The highest BCUT2D eigenvalue weighted by molar-refractivity contribution is 7.98. The maximum atomic E-state index is 12.5. The quantitative estimate of drug-likeness (QED) is 0.608. The van der Waals surface area contributed by atoms with Gasteiger partial charge in [0.05, 0.1) is 7.11 Å². The minimum absolute atomic E-state index is 0.0367. The van der Waals surface area contributed by atoms with Crippen molar-refractivity contribution in [3.05, 3.63) is 63.7 Å². The Hall–Kier alpha value is -1.65. The first-order chi connectivity index (χ1) is 12.4. The second-order valence-corrected chi connectivity index (χ2v) is 7.98. The first-order valence-electron chi connectivity index (χ1n) is 8.72. The lowest BCUT2D eigenvalue weighted by Crippen LogP contribution is -2.26. The van der Waals surface area contributed by atoms with E-state index in [1.54, 1.807) is 18.9 Å². The van der Waals surface area contributed by atoms with Crippen molar-refractivity contribution in [3.63, 3.8) is 0 Å². The minimum Gasteiger partial charge on any atom is -0.496 e. The Labute approximate surface area is 165 Å². The van der Waals surface area contributed by atoms with Gasteiger partial charge in [-0.1, -0.05) is 43.6 Å².